The number of carbonyl (C=O) groups is 1. The van der Waals surface area contributed by atoms with Gasteiger partial charge < -0.3 is 24.0 Å². The minimum absolute atomic E-state index is 0.0272. The lowest BCUT2D eigenvalue weighted by atomic mass is 9.89. The van der Waals surface area contributed by atoms with Gasteiger partial charge in [-0.1, -0.05) is 25.2 Å². The first-order valence-electron chi connectivity index (χ1n) is 9.91. The normalized spacial score (nSPS) is 28.6. The van der Waals surface area contributed by atoms with E-state index < -0.39 is 0 Å². The number of ether oxygens (including phenoxy) is 2. The summed E-state index contributed by atoms with van der Waals surface area (Å²) in [7, 11) is 6.25. The molecule has 0 aromatic heterocycles. The fourth-order valence-electron chi connectivity index (χ4n) is 3.77. The fourth-order valence-corrected chi connectivity index (χ4v) is 3.77. The van der Waals surface area contributed by atoms with Gasteiger partial charge in [0.05, 0.1) is 39.4 Å². The second-order valence-corrected chi connectivity index (χ2v) is 8.47. The molecule has 2 rings (SSSR count). The van der Waals surface area contributed by atoms with Crippen molar-refractivity contribution in [3.8, 4) is 0 Å². The molecule has 2 heterocycles. The van der Waals surface area contributed by atoms with E-state index in [1.165, 1.54) is 0 Å². The largest absolute Gasteiger partial charge is 0.453 e. The Balaban J connectivity index is 2.13. The first kappa shape index (κ1) is 22.4. The number of likely N-dealkylation sites (N-methyl/N-ethyl adjacent to an activating group) is 1. The van der Waals surface area contributed by atoms with Gasteiger partial charge in [-0.2, -0.15) is 0 Å². The van der Waals surface area contributed by atoms with Gasteiger partial charge in [0.25, 0.3) is 0 Å². The van der Waals surface area contributed by atoms with Gasteiger partial charge >= 0.3 is 5.97 Å². The van der Waals surface area contributed by atoms with Crippen LogP contribution in [0.4, 0.5) is 0 Å². The van der Waals surface area contributed by atoms with Gasteiger partial charge in [-0.25, -0.2) is 4.79 Å². The lowest BCUT2D eigenvalue weighted by molar-refractivity contribution is -0.873. The highest BCUT2D eigenvalue weighted by atomic mass is 16.5. The molecule has 6 nitrogen and oxygen atoms in total. The first-order chi connectivity index (χ1) is 13.2. The number of quaternary nitrogens is 1. The zero-order chi connectivity index (χ0) is 20.9. The molecule has 0 bridgehead atoms. The van der Waals surface area contributed by atoms with Crippen LogP contribution in [-0.2, 0) is 14.3 Å². The quantitative estimate of drug-likeness (QED) is 0.372. The van der Waals surface area contributed by atoms with Gasteiger partial charge in [0.2, 0.25) is 0 Å². The Morgan fingerprint density at radius 1 is 1.39 bits per heavy atom. The van der Waals surface area contributed by atoms with E-state index >= 15 is 0 Å². The number of aliphatic hydroxyl groups is 1. The third-order valence-corrected chi connectivity index (χ3v) is 5.20. The summed E-state index contributed by atoms with van der Waals surface area (Å²) in [5.41, 5.74) is 0.594. The van der Waals surface area contributed by atoms with Crippen molar-refractivity contribution in [2.75, 3.05) is 34.3 Å². The number of carbonyl (C=O) groups excluding carboxylic acids is 1. The zero-order valence-electron chi connectivity index (χ0n) is 17.6. The SMILES string of the molecule is C=C[C@@H]1[C@H](C=C)[C@@H](CO)O[C@H]1N1C=CCC(C(=O)O[C@H](CC)C[N+](C)(C)C)=C1. The van der Waals surface area contributed by atoms with E-state index in [9.17, 15) is 9.90 Å². The highest BCUT2D eigenvalue weighted by molar-refractivity contribution is 5.89. The van der Waals surface area contributed by atoms with Crippen molar-refractivity contribution in [3.05, 3.63) is 49.4 Å². The van der Waals surface area contributed by atoms with Gasteiger partial charge in [0, 0.05) is 30.7 Å². The highest BCUT2D eigenvalue weighted by Crippen LogP contribution is 2.37. The maximum Gasteiger partial charge on any atom is 0.336 e. The molecule has 0 aliphatic carbocycles. The summed E-state index contributed by atoms with van der Waals surface area (Å²) < 4.78 is 12.5. The monoisotopic (exact) mass is 391 g/mol. The minimum atomic E-state index is -0.342. The van der Waals surface area contributed by atoms with Crippen LogP contribution in [0.2, 0.25) is 0 Å². The molecule has 1 N–H and O–H groups in total. The molecule has 0 aromatic rings. The van der Waals surface area contributed by atoms with Crippen molar-refractivity contribution in [1.29, 1.82) is 0 Å². The van der Waals surface area contributed by atoms with Crippen molar-refractivity contribution in [3.63, 3.8) is 0 Å². The number of hydrogen-bond donors (Lipinski definition) is 1. The maximum atomic E-state index is 12.7. The summed E-state index contributed by atoms with van der Waals surface area (Å²) in [4.78, 5) is 14.6. The lowest BCUT2D eigenvalue weighted by Gasteiger charge is -2.31. The molecule has 156 valence electrons. The van der Waals surface area contributed by atoms with Crippen LogP contribution < -0.4 is 0 Å². The van der Waals surface area contributed by atoms with E-state index in [2.05, 4.69) is 34.3 Å². The number of nitrogens with zero attached hydrogens (tertiary/aromatic N) is 2. The van der Waals surface area contributed by atoms with Crippen molar-refractivity contribution in [2.24, 2.45) is 11.8 Å². The van der Waals surface area contributed by atoms with E-state index in [1.807, 2.05) is 30.2 Å². The van der Waals surface area contributed by atoms with Crippen LogP contribution >= 0.6 is 0 Å². The molecule has 0 aromatic carbocycles. The molecule has 28 heavy (non-hydrogen) atoms. The smallest absolute Gasteiger partial charge is 0.336 e. The summed E-state index contributed by atoms with van der Waals surface area (Å²) in [5, 5.41) is 9.62. The Morgan fingerprint density at radius 2 is 2.07 bits per heavy atom. The number of hydrogen-bond acceptors (Lipinski definition) is 5. The van der Waals surface area contributed by atoms with E-state index in [1.54, 1.807) is 12.3 Å². The summed E-state index contributed by atoms with van der Waals surface area (Å²) >= 11 is 0. The average Bonchev–Trinajstić information content (AvgIpc) is 3.04. The molecule has 0 spiro atoms. The van der Waals surface area contributed by atoms with Crippen LogP contribution in [0.25, 0.3) is 0 Å². The van der Waals surface area contributed by atoms with Crippen LogP contribution in [0.15, 0.2) is 49.4 Å². The molecule has 1 fully saturated rings. The van der Waals surface area contributed by atoms with Crippen LogP contribution in [0.3, 0.4) is 0 Å². The molecule has 1 saturated heterocycles. The van der Waals surface area contributed by atoms with Crippen molar-refractivity contribution >= 4 is 5.97 Å². The first-order valence-corrected chi connectivity index (χ1v) is 9.91. The third kappa shape index (κ3) is 5.34. The molecule has 5 atom stereocenters. The molecule has 2 aliphatic heterocycles. The highest BCUT2D eigenvalue weighted by Gasteiger charge is 2.43. The Morgan fingerprint density at radius 3 is 2.61 bits per heavy atom. The summed E-state index contributed by atoms with van der Waals surface area (Å²) in [5.74, 6) is -0.352. The predicted molar refractivity (Wildman–Crippen MR) is 110 cm³/mol. The van der Waals surface area contributed by atoms with Crippen molar-refractivity contribution < 1.29 is 23.9 Å². The zero-order valence-corrected chi connectivity index (χ0v) is 17.6. The molecular formula is C22H35N2O4+. The maximum absolute atomic E-state index is 12.7. The molecule has 0 radical (unpaired) electrons. The molecular weight excluding hydrogens is 356 g/mol. The topological polar surface area (TPSA) is 59.0 Å². The Kier molecular flexibility index (Phi) is 7.63. The van der Waals surface area contributed by atoms with Gasteiger partial charge in [0.1, 0.15) is 12.8 Å². The van der Waals surface area contributed by atoms with Crippen molar-refractivity contribution in [2.45, 2.75) is 38.2 Å². The Labute approximate surface area is 169 Å². The fraction of sp³-hybridized carbons (Fsp3) is 0.591. The van der Waals surface area contributed by atoms with Gasteiger partial charge in [-0.3, -0.25) is 0 Å². The summed E-state index contributed by atoms with van der Waals surface area (Å²) in [6.45, 7) is 10.5. The number of aliphatic hydroxyl groups excluding tert-OH is 1. The third-order valence-electron chi connectivity index (χ3n) is 5.20. The standard InChI is InChI=1S/C22H35N2O4/c1-7-17(14-24(4,5)6)27-22(26)16-11-10-12-23(13-16)21-19(9-3)18(8-2)20(15-25)28-21/h8-10,12-13,17-21,25H,2-3,7,11,14-15H2,1,4-6H3/q+1/t17-,18+,19-,20-,21-/m1/s1. The second-order valence-electron chi connectivity index (χ2n) is 8.47. The molecule has 0 amide bonds. The average molecular weight is 392 g/mol. The van der Waals surface area contributed by atoms with E-state index in [-0.39, 0.29) is 42.8 Å². The van der Waals surface area contributed by atoms with E-state index in [0.29, 0.717) is 12.0 Å². The summed E-state index contributed by atoms with van der Waals surface area (Å²) in [6, 6.07) is 0. The van der Waals surface area contributed by atoms with Gasteiger partial charge in [-0.05, 0) is 6.42 Å². The van der Waals surface area contributed by atoms with Crippen LogP contribution in [0, 0.1) is 11.8 Å². The molecule has 0 unspecified atom stereocenters. The molecule has 0 saturated carbocycles. The van der Waals surface area contributed by atoms with Gasteiger partial charge in [0.15, 0.2) is 6.10 Å². The van der Waals surface area contributed by atoms with E-state index in [4.69, 9.17) is 9.47 Å². The molecule has 2 aliphatic rings. The number of allylic oxidation sites excluding steroid dienone is 1. The lowest BCUT2D eigenvalue weighted by Crippen LogP contribution is -2.43. The van der Waals surface area contributed by atoms with E-state index in [0.717, 1.165) is 17.4 Å². The molecule has 6 heteroatoms. The van der Waals surface area contributed by atoms with Crippen LogP contribution in [0.1, 0.15) is 19.8 Å². The van der Waals surface area contributed by atoms with Crippen LogP contribution in [-0.4, -0.2) is 73.2 Å². The number of rotatable bonds is 9. The minimum Gasteiger partial charge on any atom is -0.453 e. The number of esters is 1. The Bertz CT molecular complexity index is 635. The predicted octanol–water partition coefficient (Wildman–Crippen LogP) is 2.44. The van der Waals surface area contributed by atoms with Gasteiger partial charge in [-0.15, -0.1) is 13.2 Å². The van der Waals surface area contributed by atoms with Crippen LogP contribution in [0.5, 0.6) is 0 Å². The Hall–Kier alpha value is -1.89. The second kappa shape index (κ2) is 9.54. The van der Waals surface area contributed by atoms with Crippen molar-refractivity contribution in [1.82, 2.24) is 4.90 Å². The summed E-state index contributed by atoms with van der Waals surface area (Å²) in [6.07, 6.45) is 9.75.